The van der Waals surface area contributed by atoms with E-state index in [4.69, 9.17) is 9.15 Å². The third-order valence-electron chi connectivity index (χ3n) is 5.18. The molecule has 6 nitrogen and oxygen atoms in total. The maximum atomic E-state index is 12.8. The van der Waals surface area contributed by atoms with E-state index >= 15 is 0 Å². The van der Waals surface area contributed by atoms with E-state index in [1.165, 1.54) is 24.8 Å². The largest absolute Gasteiger partial charge is 0.438 e. The molecule has 2 atom stereocenters. The van der Waals surface area contributed by atoms with Gasteiger partial charge in [-0.1, -0.05) is 0 Å². The SMILES string of the molecule is Cc1ncoc1C(=O)N1C[C@@H](COCC2CC2)[C@H](c2ccncc2)C1. The van der Waals surface area contributed by atoms with Gasteiger partial charge in [-0.3, -0.25) is 9.78 Å². The normalized spacial score (nSPS) is 23.2. The number of ether oxygens (including phenoxy) is 1. The predicted octanol–water partition coefficient (Wildman–Crippen LogP) is 2.66. The van der Waals surface area contributed by atoms with E-state index in [1.807, 2.05) is 29.4 Å². The van der Waals surface area contributed by atoms with Gasteiger partial charge < -0.3 is 14.1 Å². The molecule has 2 fully saturated rings. The van der Waals surface area contributed by atoms with Crippen molar-refractivity contribution >= 4 is 5.91 Å². The zero-order valence-corrected chi connectivity index (χ0v) is 14.4. The molecule has 3 heterocycles. The molecule has 132 valence electrons. The van der Waals surface area contributed by atoms with Gasteiger partial charge in [-0.25, -0.2) is 4.98 Å². The minimum absolute atomic E-state index is 0.0845. The van der Waals surface area contributed by atoms with Crippen molar-refractivity contribution in [2.45, 2.75) is 25.7 Å². The van der Waals surface area contributed by atoms with Gasteiger partial charge in [-0.2, -0.15) is 0 Å². The van der Waals surface area contributed by atoms with Crippen molar-refractivity contribution in [3.63, 3.8) is 0 Å². The number of hydrogen-bond acceptors (Lipinski definition) is 5. The van der Waals surface area contributed by atoms with Gasteiger partial charge in [-0.15, -0.1) is 0 Å². The molecule has 1 aliphatic carbocycles. The lowest BCUT2D eigenvalue weighted by Gasteiger charge is -2.18. The fourth-order valence-corrected chi connectivity index (χ4v) is 3.52. The van der Waals surface area contributed by atoms with Crippen molar-refractivity contribution in [3.05, 3.63) is 47.9 Å². The summed E-state index contributed by atoms with van der Waals surface area (Å²) in [7, 11) is 0. The van der Waals surface area contributed by atoms with Crippen LogP contribution in [0.4, 0.5) is 0 Å². The minimum atomic E-state index is -0.0845. The topological polar surface area (TPSA) is 68.5 Å². The molecule has 1 saturated heterocycles. The van der Waals surface area contributed by atoms with Gasteiger partial charge in [0.15, 0.2) is 6.39 Å². The first-order valence-electron chi connectivity index (χ1n) is 8.89. The lowest BCUT2D eigenvalue weighted by Crippen LogP contribution is -2.29. The third kappa shape index (κ3) is 3.58. The van der Waals surface area contributed by atoms with Gasteiger partial charge in [0.2, 0.25) is 5.76 Å². The standard InChI is InChI=1S/C19H23N3O3/c1-13-18(25-12-21-13)19(23)22-8-16(11-24-10-14-2-3-14)17(9-22)15-4-6-20-7-5-15/h4-7,12,14,16-17H,2-3,8-11H2,1H3/t16-,17-/m0/s1. The average molecular weight is 341 g/mol. The highest BCUT2D eigenvalue weighted by molar-refractivity contribution is 5.92. The summed E-state index contributed by atoms with van der Waals surface area (Å²) in [5.74, 6) is 1.55. The van der Waals surface area contributed by atoms with E-state index in [-0.39, 0.29) is 17.7 Å². The molecule has 2 aromatic rings. The molecule has 0 bridgehead atoms. The number of nitrogens with zero attached hydrogens (tertiary/aromatic N) is 3. The zero-order valence-electron chi connectivity index (χ0n) is 14.4. The Morgan fingerprint density at radius 1 is 1.28 bits per heavy atom. The number of aromatic nitrogens is 2. The van der Waals surface area contributed by atoms with E-state index in [0.717, 1.165) is 12.5 Å². The summed E-state index contributed by atoms with van der Waals surface area (Å²) >= 11 is 0. The number of pyridine rings is 1. The summed E-state index contributed by atoms with van der Waals surface area (Å²) in [4.78, 5) is 22.8. The van der Waals surface area contributed by atoms with Gasteiger partial charge in [-0.05, 0) is 43.4 Å². The number of aryl methyl sites for hydroxylation is 1. The molecule has 0 aromatic carbocycles. The van der Waals surface area contributed by atoms with Gasteiger partial charge in [0, 0.05) is 43.9 Å². The highest BCUT2D eigenvalue weighted by Crippen LogP contribution is 2.35. The first kappa shape index (κ1) is 16.3. The second kappa shape index (κ2) is 6.96. The van der Waals surface area contributed by atoms with Crippen molar-refractivity contribution < 1.29 is 13.9 Å². The summed E-state index contributed by atoms with van der Waals surface area (Å²) < 4.78 is 11.2. The van der Waals surface area contributed by atoms with Crippen LogP contribution in [0.5, 0.6) is 0 Å². The summed E-state index contributed by atoms with van der Waals surface area (Å²) in [5.41, 5.74) is 1.85. The van der Waals surface area contributed by atoms with E-state index in [0.29, 0.717) is 31.2 Å². The predicted molar refractivity (Wildman–Crippen MR) is 91.2 cm³/mol. The van der Waals surface area contributed by atoms with Crippen molar-refractivity contribution in [2.75, 3.05) is 26.3 Å². The number of oxazole rings is 1. The van der Waals surface area contributed by atoms with E-state index < -0.39 is 0 Å². The van der Waals surface area contributed by atoms with Crippen LogP contribution in [0.15, 0.2) is 35.3 Å². The van der Waals surface area contributed by atoms with Gasteiger partial charge in [0.1, 0.15) is 0 Å². The molecular weight excluding hydrogens is 318 g/mol. The number of carbonyl (C=O) groups excluding carboxylic acids is 1. The first-order valence-corrected chi connectivity index (χ1v) is 8.89. The monoisotopic (exact) mass is 341 g/mol. The quantitative estimate of drug-likeness (QED) is 0.808. The van der Waals surface area contributed by atoms with E-state index in [2.05, 4.69) is 9.97 Å². The number of rotatable bonds is 6. The molecular formula is C19H23N3O3. The van der Waals surface area contributed by atoms with Gasteiger partial charge in [0.25, 0.3) is 5.91 Å². The van der Waals surface area contributed by atoms with Gasteiger partial charge in [0.05, 0.1) is 12.3 Å². The third-order valence-corrected chi connectivity index (χ3v) is 5.18. The van der Waals surface area contributed by atoms with Crippen LogP contribution in [0.1, 0.15) is 40.6 Å². The van der Waals surface area contributed by atoms with E-state index in [9.17, 15) is 4.79 Å². The maximum absolute atomic E-state index is 12.8. The summed E-state index contributed by atoms with van der Waals surface area (Å²) in [6.07, 6.45) is 7.52. The van der Waals surface area contributed by atoms with Crippen LogP contribution in [0.2, 0.25) is 0 Å². The fourth-order valence-electron chi connectivity index (χ4n) is 3.52. The van der Waals surface area contributed by atoms with E-state index in [1.54, 1.807) is 6.92 Å². The number of amides is 1. The van der Waals surface area contributed by atoms with Crippen LogP contribution in [0.3, 0.4) is 0 Å². The Balaban J connectivity index is 1.48. The molecule has 6 heteroatoms. The molecule has 2 aliphatic rings. The number of carbonyl (C=O) groups is 1. The highest BCUT2D eigenvalue weighted by Gasteiger charge is 2.38. The zero-order chi connectivity index (χ0) is 17.2. The lowest BCUT2D eigenvalue weighted by molar-refractivity contribution is 0.0713. The molecule has 0 N–H and O–H groups in total. The Labute approximate surface area is 147 Å². The fraction of sp³-hybridized carbons (Fsp3) is 0.526. The highest BCUT2D eigenvalue weighted by atomic mass is 16.5. The minimum Gasteiger partial charge on any atom is -0.438 e. The Morgan fingerprint density at radius 3 is 2.76 bits per heavy atom. The lowest BCUT2D eigenvalue weighted by atomic mass is 9.90. The van der Waals surface area contributed by atoms with Crippen LogP contribution < -0.4 is 0 Å². The number of likely N-dealkylation sites (tertiary alicyclic amines) is 1. The molecule has 2 aromatic heterocycles. The Hall–Kier alpha value is -2.21. The molecule has 1 amide bonds. The molecule has 1 aliphatic heterocycles. The number of hydrogen-bond donors (Lipinski definition) is 0. The van der Waals surface area contributed by atoms with Gasteiger partial charge >= 0.3 is 0 Å². The van der Waals surface area contributed by atoms with Crippen molar-refractivity contribution in [1.82, 2.24) is 14.9 Å². The summed E-state index contributed by atoms with van der Waals surface area (Å²) in [6.45, 7) is 4.66. The summed E-state index contributed by atoms with van der Waals surface area (Å²) in [5, 5.41) is 0. The summed E-state index contributed by atoms with van der Waals surface area (Å²) in [6, 6.07) is 4.07. The molecule has 1 saturated carbocycles. The molecule has 0 spiro atoms. The van der Waals surface area contributed by atoms with Crippen molar-refractivity contribution in [2.24, 2.45) is 11.8 Å². The van der Waals surface area contributed by atoms with Crippen molar-refractivity contribution in [1.29, 1.82) is 0 Å². The molecule has 0 radical (unpaired) electrons. The van der Waals surface area contributed by atoms with Crippen LogP contribution in [-0.4, -0.2) is 47.1 Å². The second-order valence-electron chi connectivity index (χ2n) is 7.10. The average Bonchev–Trinajstić information content (AvgIpc) is 3.20. The Kier molecular flexibility index (Phi) is 4.53. The molecule has 0 unspecified atom stereocenters. The maximum Gasteiger partial charge on any atom is 0.291 e. The smallest absolute Gasteiger partial charge is 0.291 e. The Bertz CT molecular complexity index is 727. The Morgan fingerprint density at radius 2 is 2.08 bits per heavy atom. The van der Waals surface area contributed by atoms with Crippen LogP contribution >= 0.6 is 0 Å². The van der Waals surface area contributed by atoms with Crippen LogP contribution in [-0.2, 0) is 4.74 Å². The van der Waals surface area contributed by atoms with Crippen molar-refractivity contribution in [3.8, 4) is 0 Å². The second-order valence-corrected chi connectivity index (χ2v) is 7.10. The van der Waals surface area contributed by atoms with Crippen LogP contribution in [0.25, 0.3) is 0 Å². The first-order chi connectivity index (χ1) is 12.2. The molecule has 4 rings (SSSR count). The molecule has 25 heavy (non-hydrogen) atoms. The van der Waals surface area contributed by atoms with Crippen LogP contribution in [0, 0.1) is 18.8 Å².